The van der Waals surface area contributed by atoms with E-state index >= 15 is 0 Å². The molecule has 0 spiro atoms. The number of nitrogens with zero attached hydrogens (tertiary/aromatic N) is 2. The predicted molar refractivity (Wildman–Crippen MR) is 88.6 cm³/mol. The van der Waals surface area contributed by atoms with Crippen LogP contribution in [0.5, 0.6) is 0 Å². The van der Waals surface area contributed by atoms with Crippen LogP contribution in [0.1, 0.15) is 18.4 Å². The monoisotopic (exact) mass is 287 g/mol. The Labute approximate surface area is 129 Å². The maximum absolute atomic E-state index is 3.46. The Hall–Kier alpha value is -0.900. The summed E-state index contributed by atoms with van der Waals surface area (Å²) in [4.78, 5) is 5.32. The van der Waals surface area contributed by atoms with E-state index in [1.165, 1.54) is 77.2 Å². The van der Waals surface area contributed by atoms with E-state index in [0.29, 0.717) is 0 Å². The minimum Gasteiger partial charge on any atom is -0.317 e. The lowest BCUT2D eigenvalue weighted by Crippen LogP contribution is -2.48. The molecule has 1 aromatic rings. The van der Waals surface area contributed by atoms with Crippen molar-refractivity contribution in [3.05, 3.63) is 35.9 Å². The maximum Gasteiger partial charge on any atom is 0.0110 e. The first-order valence-corrected chi connectivity index (χ1v) is 8.59. The number of piperidine rings is 1. The van der Waals surface area contributed by atoms with Gasteiger partial charge in [0.15, 0.2) is 0 Å². The number of piperazine rings is 1. The molecular weight excluding hydrogens is 258 g/mol. The molecule has 3 rings (SSSR count). The fourth-order valence-corrected chi connectivity index (χ4v) is 3.56. The third kappa shape index (κ3) is 4.80. The summed E-state index contributed by atoms with van der Waals surface area (Å²) in [5.41, 5.74) is 1.47. The molecule has 0 atom stereocenters. The highest BCUT2D eigenvalue weighted by atomic mass is 15.3. The molecule has 2 aliphatic heterocycles. The van der Waals surface area contributed by atoms with Crippen LogP contribution in [0.3, 0.4) is 0 Å². The number of hydrogen-bond acceptors (Lipinski definition) is 3. The smallest absolute Gasteiger partial charge is 0.0110 e. The first kappa shape index (κ1) is 15.0. The molecule has 116 valence electrons. The zero-order valence-corrected chi connectivity index (χ0v) is 13.1. The summed E-state index contributed by atoms with van der Waals surface area (Å²) in [6.07, 6.45) is 3.93. The SMILES string of the molecule is c1ccc(CCN2CCN(CC3CCNCC3)CC2)cc1. The van der Waals surface area contributed by atoms with E-state index in [9.17, 15) is 0 Å². The molecule has 2 heterocycles. The maximum atomic E-state index is 3.46. The van der Waals surface area contributed by atoms with Crippen LogP contribution >= 0.6 is 0 Å². The Kier molecular flexibility index (Phi) is 5.67. The molecule has 0 aromatic heterocycles. The Balaban J connectivity index is 1.35. The van der Waals surface area contributed by atoms with Gasteiger partial charge in [-0.3, -0.25) is 0 Å². The second-order valence-electron chi connectivity index (χ2n) is 6.57. The summed E-state index contributed by atoms with van der Waals surface area (Å²) in [7, 11) is 0. The van der Waals surface area contributed by atoms with Gasteiger partial charge in [-0.25, -0.2) is 0 Å². The van der Waals surface area contributed by atoms with Crippen molar-refractivity contribution in [2.75, 3.05) is 52.4 Å². The van der Waals surface area contributed by atoms with Crippen LogP contribution in [-0.2, 0) is 6.42 Å². The lowest BCUT2D eigenvalue weighted by Gasteiger charge is -2.37. The third-order valence-corrected chi connectivity index (χ3v) is 5.00. The summed E-state index contributed by atoms with van der Waals surface area (Å²) < 4.78 is 0. The van der Waals surface area contributed by atoms with Crippen molar-refractivity contribution in [3.63, 3.8) is 0 Å². The summed E-state index contributed by atoms with van der Waals surface area (Å²) in [6, 6.07) is 10.9. The summed E-state index contributed by atoms with van der Waals surface area (Å²) in [6.45, 7) is 10.0. The minimum absolute atomic E-state index is 0.933. The van der Waals surface area contributed by atoms with Gasteiger partial charge in [-0.15, -0.1) is 0 Å². The largest absolute Gasteiger partial charge is 0.317 e. The Morgan fingerprint density at radius 3 is 2.29 bits per heavy atom. The molecule has 3 heteroatoms. The average molecular weight is 287 g/mol. The molecule has 0 bridgehead atoms. The van der Waals surface area contributed by atoms with E-state index in [2.05, 4.69) is 45.4 Å². The number of hydrogen-bond donors (Lipinski definition) is 1. The van der Waals surface area contributed by atoms with Gasteiger partial charge in [-0.2, -0.15) is 0 Å². The number of rotatable bonds is 5. The highest BCUT2D eigenvalue weighted by molar-refractivity contribution is 5.14. The van der Waals surface area contributed by atoms with Crippen LogP contribution in [-0.4, -0.2) is 62.2 Å². The molecule has 3 nitrogen and oxygen atoms in total. The molecule has 0 aliphatic carbocycles. The second-order valence-corrected chi connectivity index (χ2v) is 6.57. The molecule has 0 radical (unpaired) electrons. The first-order chi connectivity index (χ1) is 10.4. The molecule has 2 fully saturated rings. The zero-order valence-electron chi connectivity index (χ0n) is 13.1. The van der Waals surface area contributed by atoms with Crippen molar-refractivity contribution < 1.29 is 0 Å². The minimum atomic E-state index is 0.933. The topological polar surface area (TPSA) is 18.5 Å². The van der Waals surface area contributed by atoms with Crippen molar-refractivity contribution in [2.45, 2.75) is 19.3 Å². The van der Waals surface area contributed by atoms with E-state index in [1.54, 1.807) is 0 Å². The molecule has 2 aliphatic rings. The van der Waals surface area contributed by atoms with E-state index < -0.39 is 0 Å². The van der Waals surface area contributed by atoms with Gasteiger partial charge in [-0.1, -0.05) is 30.3 Å². The molecule has 0 unspecified atom stereocenters. The molecule has 1 aromatic carbocycles. The van der Waals surface area contributed by atoms with Crippen LogP contribution < -0.4 is 5.32 Å². The third-order valence-electron chi connectivity index (χ3n) is 5.00. The van der Waals surface area contributed by atoms with Crippen LogP contribution in [0.4, 0.5) is 0 Å². The van der Waals surface area contributed by atoms with Crippen molar-refractivity contribution in [3.8, 4) is 0 Å². The molecule has 1 N–H and O–H groups in total. The highest BCUT2D eigenvalue weighted by Gasteiger charge is 2.21. The summed E-state index contributed by atoms with van der Waals surface area (Å²) in [5.74, 6) is 0.933. The molecular formula is C18H29N3. The van der Waals surface area contributed by atoms with Crippen LogP contribution in [0.15, 0.2) is 30.3 Å². The Bertz CT molecular complexity index is 392. The van der Waals surface area contributed by atoms with E-state index in [-0.39, 0.29) is 0 Å². The average Bonchev–Trinajstić information content (AvgIpc) is 2.56. The van der Waals surface area contributed by atoms with Gasteiger partial charge in [0.05, 0.1) is 0 Å². The van der Waals surface area contributed by atoms with Gasteiger partial charge < -0.3 is 15.1 Å². The summed E-state index contributed by atoms with van der Waals surface area (Å²) in [5, 5.41) is 3.46. The molecule has 21 heavy (non-hydrogen) atoms. The Morgan fingerprint density at radius 1 is 0.905 bits per heavy atom. The van der Waals surface area contributed by atoms with Gasteiger partial charge >= 0.3 is 0 Å². The number of nitrogens with one attached hydrogen (secondary N) is 1. The van der Waals surface area contributed by atoms with Crippen LogP contribution in [0.25, 0.3) is 0 Å². The van der Waals surface area contributed by atoms with Gasteiger partial charge in [0, 0.05) is 39.3 Å². The van der Waals surface area contributed by atoms with E-state index in [4.69, 9.17) is 0 Å². The standard InChI is InChI=1S/C18H29N3/c1-2-4-17(5-3-1)8-11-20-12-14-21(15-13-20)16-18-6-9-19-10-7-18/h1-5,18-19H,6-16H2. The van der Waals surface area contributed by atoms with Gasteiger partial charge in [-0.05, 0) is 43.8 Å². The van der Waals surface area contributed by atoms with E-state index in [0.717, 1.165) is 5.92 Å². The van der Waals surface area contributed by atoms with Crippen LogP contribution in [0, 0.1) is 5.92 Å². The second kappa shape index (κ2) is 7.92. The number of benzene rings is 1. The van der Waals surface area contributed by atoms with Gasteiger partial charge in [0.1, 0.15) is 0 Å². The van der Waals surface area contributed by atoms with Crippen molar-refractivity contribution in [1.29, 1.82) is 0 Å². The highest BCUT2D eigenvalue weighted by Crippen LogP contribution is 2.15. The molecule has 0 saturated carbocycles. The fraction of sp³-hybridized carbons (Fsp3) is 0.667. The fourth-order valence-electron chi connectivity index (χ4n) is 3.56. The lowest BCUT2D eigenvalue weighted by atomic mass is 9.97. The Morgan fingerprint density at radius 2 is 1.57 bits per heavy atom. The van der Waals surface area contributed by atoms with Gasteiger partial charge in [0.25, 0.3) is 0 Å². The quantitative estimate of drug-likeness (QED) is 0.891. The molecule has 0 amide bonds. The normalized spacial score (nSPS) is 22.5. The molecule has 2 saturated heterocycles. The predicted octanol–water partition coefficient (Wildman–Crippen LogP) is 1.85. The first-order valence-electron chi connectivity index (χ1n) is 8.59. The lowest BCUT2D eigenvalue weighted by molar-refractivity contribution is 0.112. The van der Waals surface area contributed by atoms with Crippen molar-refractivity contribution >= 4 is 0 Å². The van der Waals surface area contributed by atoms with Gasteiger partial charge in [0.2, 0.25) is 0 Å². The van der Waals surface area contributed by atoms with Crippen molar-refractivity contribution in [2.24, 2.45) is 5.92 Å². The van der Waals surface area contributed by atoms with Crippen LogP contribution in [0.2, 0.25) is 0 Å². The summed E-state index contributed by atoms with van der Waals surface area (Å²) >= 11 is 0. The van der Waals surface area contributed by atoms with E-state index in [1.807, 2.05) is 0 Å². The van der Waals surface area contributed by atoms with Crippen molar-refractivity contribution in [1.82, 2.24) is 15.1 Å². The zero-order chi connectivity index (χ0) is 14.3.